The van der Waals surface area contributed by atoms with E-state index in [9.17, 15) is 4.79 Å². The van der Waals surface area contributed by atoms with Crippen molar-refractivity contribution in [3.05, 3.63) is 35.9 Å². The van der Waals surface area contributed by atoms with E-state index in [1.807, 2.05) is 0 Å². The highest BCUT2D eigenvalue weighted by molar-refractivity contribution is 5.85. The van der Waals surface area contributed by atoms with Crippen LogP contribution < -0.4 is 10.6 Å². The minimum absolute atomic E-state index is 0. The molecule has 0 saturated carbocycles. The van der Waals surface area contributed by atoms with Crippen molar-refractivity contribution in [3.8, 4) is 0 Å². The summed E-state index contributed by atoms with van der Waals surface area (Å²) in [6.07, 6.45) is 4.92. The van der Waals surface area contributed by atoms with Crippen LogP contribution in [0.1, 0.15) is 37.7 Å². The molecular formula is C22H37Cl2N3O2. The van der Waals surface area contributed by atoms with Crippen LogP contribution in [0.5, 0.6) is 0 Å². The van der Waals surface area contributed by atoms with Gasteiger partial charge in [0.1, 0.15) is 0 Å². The maximum absolute atomic E-state index is 11.9. The number of amides is 1. The zero-order chi connectivity index (χ0) is 18.9. The number of hydrogen-bond donors (Lipinski definition) is 2. The molecule has 1 aromatic rings. The molecule has 29 heavy (non-hydrogen) atoms. The van der Waals surface area contributed by atoms with E-state index in [-0.39, 0.29) is 30.7 Å². The van der Waals surface area contributed by atoms with Crippen molar-refractivity contribution in [1.29, 1.82) is 0 Å². The van der Waals surface area contributed by atoms with Gasteiger partial charge in [0.15, 0.2) is 0 Å². The number of benzene rings is 1. The Balaban J connectivity index is 0.00000210. The summed E-state index contributed by atoms with van der Waals surface area (Å²) in [4.78, 5) is 14.6. The Bertz CT molecular complexity index is 576. The molecule has 2 N–H and O–H groups in total. The van der Waals surface area contributed by atoms with Gasteiger partial charge in [0.2, 0.25) is 5.91 Å². The Kier molecular flexibility index (Phi) is 12.8. The van der Waals surface area contributed by atoms with Crippen LogP contribution in [0.4, 0.5) is 0 Å². The van der Waals surface area contributed by atoms with Crippen LogP contribution in [0, 0.1) is 11.8 Å². The van der Waals surface area contributed by atoms with Crippen molar-refractivity contribution in [2.24, 2.45) is 11.8 Å². The molecule has 0 aliphatic carbocycles. The number of methoxy groups -OCH3 is 1. The summed E-state index contributed by atoms with van der Waals surface area (Å²) in [6, 6.07) is 11.4. The van der Waals surface area contributed by atoms with Crippen LogP contribution in [-0.2, 0) is 16.1 Å². The van der Waals surface area contributed by atoms with Gasteiger partial charge in [-0.15, -0.1) is 24.8 Å². The first kappa shape index (κ1) is 26.2. The predicted molar refractivity (Wildman–Crippen MR) is 123 cm³/mol. The molecule has 0 unspecified atom stereocenters. The standard InChI is InChI=1S/C22H35N3O2.2ClH/c1-27-12-6-11-23-22(26)10-5-9-21-20-13-19(14-24-21)16-25(17-20)15-18-7-3-2-4-8-18;;/h2-4,7-8,19-21,24H,5-6,9-17H2,1H3,(H,23,26);2*1H/t19-,20+,21+;;/m0../s1. The number of ether oxygens (including phenoxy) is 1. The van der Waals surface area contributed by atoms with Crippen molar-refractivity contribution in [2.75, 3.05) is 39.9 Å². The average Bonchev–Trinajstić information content (AvgIpc) is 2.68. The summed E-state index contributed by atoms with van der Waals surface area (Å²) in [5.74, 6) is 1.66. The minimum Gasteiger partial charge on any atom is -0.385 e. The van der Waals surface area contributed by atoms with E-state index in [4.69, 9.17) is 4.74 Å². The first-order chi connectivity index (χ1) is 13.2. The van der Waals surface area contributed by atoms with Crippen LogP contribution in [0.25, 0.3) is 0 Å². The number of carbonyl (C=O) groups excluding carboxylic acids is 1. The maximum atomic E-state index is 11.9. The number of carbonyl (C=O) groups is 1. The molecule has 0 radical (unpaired) electrons. The molecule has 0 aromatic heterocycles. The van der Waals surface area contributed by atoms with Crippen LogP contribution >= 0.6 is 24.8 Å². The van der Waals surface area contributed by atoms with Gasteiger partial charge in [-0.05, 0) is 49.6 Å². The number of likely N-dealkylation sites (tertiary alicyclic amines) is 1. The second kappa shape index (κ2) is 14.2. The highest BCUT2D eigenvalue weighted by Crippen LogP contribution is 2.31. The maximum Gasteiger partial charge on any atom is 0.219 e. The summed E-state index contributed by atoms with van der Waals surface area (Å²) in [7, 11) is 1.69. The molecule has 2 heterocycles. The molecule has 2 aliphatic heterocycles. The molecule has 5 nitrogen and oxygen atoms in total. The second-order valence-electron chi connectivity index (χ2n) is 8.14. The Labute approximate surface area is 188 Å². The number of fused-ring (bicyclic) bond motifs is 2. The fourth-order valence-corrected chi connectivity index (χ4v) is 4.60. The highest BCUT2D eigenvalue weighted by atomic mass is 35.5. The smallest absolute Gasteiger partial charge is 0.219 e. The number of rotatable bonds is 10. The largest absolute Gasteiger partial charge is 0.385 e. The quantitative estimate of drug-likeness (QED) is 0.542. The van der Waals surface area contributed by atoms with Gasteiger partial charge in [-0.25, -0.2) is 0 Å². The van der Waals surface area contributed by atoms with E-state index in [0.717, 1.165) is 38.3 Å². The fraction of sp³-hybridized carbons (Fsp3) is 0.682. The molecule has 3 atom stereocenters. The Morgan fingerprint density at radius 2 is 2.00 bits per heavy atom. The van der Waals surface area contributed by atoms with E-state index >= 15 is 0 Å². The molecule has 1 amide bonds. The summed E-state index contributed by atoms with van der Waals surface area (Å²) in [6.45, 7) is 5.98. The number of nitrogens with zero attached hydrogens (tertiary/aromatic N) is 1. The molecule has 3 rings (SSSR count). The number of hydrogen-bond acceptors (Lipinski definition) is 4. The average molecular weight is 446 g/mol. The van der Waals surface area contributed by atoms with Crippen molar-refractivity contribution >= 4 is 30.7 Å². The lowest BCUT2D eigenvalue weighted by Crippen LogP contribution is -2.55. The predicted octanol–water partition coefficient (Wildman–Crippen LogP) is 3.26. The number of piperidine rings is 2. The molecule has 166 valence electrons. The molecule has 2 aliphatic rings. The third-order valence-electron chi connectivity index (χ3n) is 5.90. The fourth-order valence-electron chi connectivity index (χ4n) is 4.60. The number of nitrogens with one attached hydrogen (secondary N) is 2. The van der Waals surface area contributed by atoms with Crippen LogP contribution in [-0.4, -0.2) is 56.7 Å². The summed E-state index contributed by atoms with van der Waals surface area (Å²) < 4.78 is 5.00. The van der Waals surface area contributed by atoms with Crippen molar-refractivity contribution in [2.45, 2.75) is 44.7 Å². The van der Waals surface area contributed by atoms with Gasteiger partial charge in [0, 0.05) is 52.4 Å². The molecule has 2 bridgehead atoms. The first-order valence-corrected chi connectivity index (χ1v) is 10.5. The van der Waals surface area contributed by atoms with Gasteiger partial charge in [0.25, 0.3) is 0 Å². The third-order valence-corrected chi connectivity index (χ3v) is 5.90. The molecule has 2 fully saturated rings. The Hall–Kier alpha value is -0.850. The molecule has 0 spiro atoms. The van der Waals surface area contributed by atoms with Gasteiger partial charge >= 0.3 is 0 Å². The summed E-state index contributed by atoms with van der Waals surface area (Å²) in [5.41, 5.74) is 1.41. The molecule has 1 aromatic carbocycles. The van der Waals surface area contributed by atoms with E-state index in [0.29, 0.717) is 31.5 Å². The van der Waals surface area contributed by atoms with Gasteiger partial charge in [-0.3, -0.25) is 9.69 Å². The van der Waals surface area contributed by atoms with Gasteiger partial charge < -0.3 is 15.4 Å². The first-order valence-electron chi connectivity index (χ1n) is 10.5. The lowest BCUT2D eigenvalue weighted by molar-refractivity contribution is -0.121. The second-order valence-corrected chi connectivity index (χ2v) is 8.14. The normalized spacial score (nSPS) is 23.6. The SMILES string of the molecule is COCCCNC(=O)CCC[C@H]1NC[C@@H]2C[C@@H]1CN(Cc1ccccc1)C2.Cl.Cl. The molecule has 2 saturated heterocycles. The zero-order valence-electron chi connectivity index (χ0n) is 17.5. The minimum atomic E-state index is 0. The van der Waals surface area contributed by atoms with Gasteiger partial charge in [-0.1, -0.05) is 30.3 Å². The van der Waals surface area contributed by atoms with Crippen molar-refractivity contribution in [1.82, 2.24) is 15.5 Å². The van der Waals surface area contributed by atoms with E-state index < -0.39 is 0 Å². The van der Waals surface area contributed by atoms with E-state index in [1.54, 1.807) is 7.11 Å². The monoisotopic (exact) mass is 445 g/mol. The Morgan fingerprint density at radius 1 is 1.21 bits per heavy atom. The lowest BCUT2D eigenvalue weighted by atomic mass is 9.79. The lowest BCUT2D eigenvalue weighted by Gasteiger charge is -2.46. The van der Waals surface area contributed by atoms with E-state index in [1.165, 1.54) is 25.1 Å². The van der Waals surface area contributed by atoms with Gasteiger partial charge in [0.05, 0.1) is 0 Å². The third kappa shape index (κ3) is 8.81. The van der Waals surface area contributed by atoms with E-state index in [2.05, 4.69) is 45.9 Å². The van der Waals surface area contributed by atoms with Crippen LogP contribution in [0.2, 0.25) is 0 Å². The number of halogens is 2. The van der Waals surface area contributed by atoms with Crippen LogP contribution in [0.3, 0.4) is 0 Å². The molecule has 7 heteroatoms. The zero-order valence-corrected chi connectivity index (χ0v) is 19.1. The highest BCUT2D eigenvalue weighted by Gasteiger charge is 2.35. The summed E-state index contributed by atoms with van der Waals surface area (Å²) in [5, 5.41) is 6.75. The molecular weight excluding hydrogens is 409 g/mol. The van der Waals surface area contributed by atoms with Crippen LogP contribution in [0.15, 0.2) is 30.3 Å². The topological polar surface area (TPSA) is 53.6 Å². The van der Waals surface area contributed by atoms with Crippen molar-refractivity contribution in [3.63, 3.8) is 0 Å². The summed E-state index contributed by atoms with van der Waals surface area (Å²) >= 11 is 0. The Morgan fingerprint density at radius 3 is 2.76 bits per heavy atom. The van der Waals surface area contributed by atoms with Crippen molar-refractivity contribution < 1.29 is 9.53 Å². The van der Waals surface area contributed by atoms with Gasteiger partial charge in [-0.2, -0.15) is 0 Å².